The van der Waals surface area contributed by atoms with Gasteiger partial charge in [0.05, 0.1) is 29.3 Å². The van der Waals surface area contributed by atoms with Crippen LogP contribution in [-0.2, 0) is 21.1 Å². The Bertz CT molecular complexity index is 1120. The van der Waals surface area contributed by atoms with E-state index in [9.17, 15) is 23.5 Å². The van der Waals surface area contributed by atoms with Crippen molar-refractivity contribution >= 4 is 15.8 Å². The van der Waals surface area contributed by atoms with Crippen molar-refractivity contribution in [2.45, 2.75) is 68.5 Å². The van der Waals surface area contributed by atoms with Crippen LogP contribution in [0.5, 0.6) is 5.75 Å². The first-order valence-corrected chi connectivity index (χ1v) is 13.2. The topological polar surface area (TPSA) is 130 Å². The summed E-state index contributed by atoms with van der Waals surface area (Å²) in [4.78, 5) is 11.4. The van der Waals surface area contributed by atoms with E-state index in [1.807, 2.05) is 44.2 Å². The molecule has 9 heteroatoms. The summed E-state index contributed by atoms with van der Waals surface area (Å²) in [5, 5.41) is 22.2. The number of carboxylic acids is 1. The van der Waals surface area contributed by atoms with Gasteiger partial charge in [0.25, 0.3) is 0 Å². The summed E-state index contributed by atoms with van der Waals surface area (Å²) in [6, 6.07) is 10.4. The van der Waals surface area contributed by atoms with E-state index in [1.54, 1.807) is 6.07 Å². The molecule has 0 saturated carbocycles. The predicted molar refractivity (Wildman–Crippen MR) is 129 cm³/mol. The SMILES string of the molecule is CCCC[C@]1(CC)CS(=O)(=O)c2cc(CC(N)C(=O)O)c(OC)cc2[C@@H](c2ccccc2)N1O. The van der Waals surface area contributed by atoms with E-state index in [1.165, 1.54) is 18.2 Å². The smallest absolute Gasteiger partial charge is 0.320 e. The minimum absolute atomic E-state index is 0.0700. The molecule has 8 nitrogen and oxygen atoms in total. The number of hydroxylamine groups is 2. The lowest BCUT2D eigenvalue weighted by molar-refractivity contribution is -0.193. The van der Waals surface area contributed by atoms with E-state index in [4.69, 9.17) is 10.5 Å². The minimum Gasteiger partial charge on any atom is -0.496 e. The van der Waals surface area contributed by atoms with Crippen LogP contribution >= 0.6 is 0 Å². The first-order chi connectivity index (χ1) is 16.1. The second-order valence-corrected chi connectivity index (χ2v) is 10.9. The third-order valence-electron chi connectivity index (χ3n) is 6.76. The summed E-state index contributed by atoms with van der Waals surface area (Å²) in [6.45, 7) is 3.92. The highest BCUT2D eigenvalue weighted by atomic mass is 32.2. The zero-order valence-electron chi connectivity index (χ0n) is 19.9. The van der Waals surface area contributed by atoms with Crippen molar-refractivity contribution in [2.24, 2.45) is 5.73 Å². The summed E-state index contributed by atoms with van der Waals surface area (Å²) in [5.74, 6) is -1.11. The predicted octanol–water partition coefficient (Wildman–Crippen LogP) is 3.56. The Labute approximate surface area is 201 Å². The first kappa shape index (κ1) is 26.2. The van der Waals surface area contributed by atoms with Crippen LogP contribution in [0.15, 0.2) is 47.4 Å². The maximum Gasteiger partial charge on any atom is 0.320 e. The second kappa shape index (κ2) is 10.4. The van der Waals surface area contributed by atoms with E-state index < -0.39 is 33.4 Å². The van der Waals surface area contributed by atoms with Gasteiger partial charge in [0.15, 0.2) is 9.84 Å². The van der Waals surface area contributed by atoms with E-state index >= 15 is 0 Å². The lowest BCUT2D eigenvalue weighted by Crippen LogP contribution is -2.51. The molecule has 0 aliphatic carbocycles. The van der Waals surface area contributed by atoms with Crippen molar-refractivity contribution in [3.8, 4) is 5.75 Å². The van der Waals surface area contributed by atoms with Gasteiger partial charge in [-0.2, -0.15) is 5.06 Å². The van der Waals surface area contributed by atoms with Crippen molar-refractivity contribution in [3.63, 3.8) is 0 Å². The number of ether oxygens (including phenoxy) is 1. The molecule has 0 bridgehead atoms. The zero-order chi connectivity index (χ0) is 25.1. The molecule has 3 rings (SSSR count). The fraction of sp³-hybridized carbons (Fsp3) is 0.480. The number of carbonyl (C=O) groups is 1. The van der Waals surface area contributed by atoms with Gasteiger partial charge in [-0.3, -0.25) is 4.79 Å². The maximum absolute atomic E-state index is 13.8. The monoisotopic (exact) mass is 490 g/mol. The number of unbranched alkanes of at least 4 members (excludes halogenated alkanes) is 1. The van der Waals surface area contributed by atoms with Crippen molar-refractivity contribution in [1.29, 1.82) is 0 Å². The van der Waals surface area contributed by atoms with Crippen LogP contribution < -0.4 is 10.5 Å². The Morgan fingerprint density at radius 3 is 2.50 bits per heavy atom. The number of methoxy groups -OCH3 is 1. The van der Waals surface area contributed by atoms with Gasteiger partial charge in [-0.25, -0.2) is 8.42 Å². The van der Waals surface area contributed by atoms with Crippen LogP contribution in [0.2, 0.25) is 0 Å². The van der Waals surface area contributed by atoms with Crippen molar-refractivity contribution < 1.29 is 28.3 Å². The second-order valence-electron chi connectivity index (χ2n) is 8.95. The first-order valence-electron chi connectivity index (χ1n) is 11.5. The number of fused-ring (bicyclic) bond motifs is 1. The van der Waals surface area contributed by atoms with Gasteiger partial charge in [-0.15, -0.1) is 0 Å². The van der Waals surface area contributed by atoms with E-state index in [0.29, 0.717) is 29.7 Å². The number of aliphatic carboxylic acids is 1. The average molecular weight is 491 g/mol. The largest absolute Gasteiger partial charge is 0.496 e. The molecule has 1 aliphatic heterocycles. The van der Waals surface area contributed by atoms with Crippen LogP contribution in [0.3, 0.4) is 0 Å². The minimum atomic E-state index is -3.85. The van der Waals surface area contributed by atoms with Crippen molar-refractivity contribution in [3.05, 3.63) is 59.2 Å². The normalized spacial score (nSPS) is 23.0. The Hall–Kier alpha value is -2.46. The lowest BCUT2D eigenvalue weighted by Gasteiger charge is -2.42. The maximum atomic E-state index is 13.8. The fourth-order valence-corrected chi connectivity index (χ4v) is 6.96. The third kappa shape index (κ3) is 4.98. The van der Waals surface area contributed by atoms with E-state index in [2.05, 4.69) is 0 Å². The quantitative estimate of drug-likeness (QED) is 0.486. The molecular weight excluding hydrogens is 456 g/mol. The third-order valence-corrected chi connectivity index (χ3v) is 8.70. The molecule has 2 aromatic rings. The summed E-state index contributed by atoms with van der Waals surface area (Å²) < 4.78 is 33.1. The highest BCUT2D eigenvalue weighted by Crippen LogP contribution is 2.45. The van der Waals surface area contributed by atoms with Crippen molar-refractivity contribution in [1.82, 2.24) is 5.06 Å². The molecule has 3 atom stereocenters. The molecule has 2 aromatic carbocycles. The molecule has 4 N–H and O–H groups in total. The van der Waals surface area contributed by atoms with Gasteiger partial charge in [0.2, 0.25) is 0 Å². The Morgan fingerprint density at radius 1 is 1.26 bits per heavy atom. The van der Waals surface area contributed by atoms with Crippen molar-refractivity contribution in [2.75, 3.05) is 12.9 Å². The van der Waals surface area contributed by atoms with Gasteiger partial charge in [-0.05, 0) is 41.7 Å². The number of benzene rings is 2. The van der Waals surface area contributed by atoms with Crippen LogP contribution in [0.25, 0.3) is 0 Å². The summed E-state index contributed by atoms with van der Waals surface area (Å²) in [6.07, 6.45) is 2.49. The molecule has 0 amide bonds. The lowest BCUT2D eigenvalue weighted by atomic mass is 9.87. The molecule has 34 heavy (non-hydrogen) atoms. The number of rotatable bonds is 9. The van der Waals surface area contributed by atoms with Crippen LogP contribution in [-0.4, -0.2) is 54.2 Å². The molecule has 0 fully saturated rings. The number of nitrogens with zero attached hydrogens (tertiary/aromatic N) is 1. The molecule has 0 aromatic heterocycles. The Morgan fingerprint density at radius 2 is 1.94 bits per heavy atom. The average Bonchev–Trinajstić information content (AvgIpc) is 2.88. The summed E-state index contributed by atoms with van der Waals surface area (Å²) in [5.41, 5.74) is 6.30. The molecule has 1 heterocycles. The van der Waals surface area contributed by atoms with Gasteiger partial charge in [-0.1, -0.05) is 57.0 Å². The summed E-state index contributed by atoms with van der Waals surface area (Å²) in [7, 11) is -2.41. The van der Waals surface area contributed by atoms with E-state index in [0.717, 1.165) is 18.4 Å². The number of sulfone groups is 1. The fourth-order valence-electron chi connectivity index (χ4n) is 4.77. The number of hydrogen-bond donors (Lipinski definition) is 3. The molecular formula is C25H34N2O6S. The molecule has 0 radical (unpaired) electrons. The van der Waals surface area contributed by atoms with Gasteiger partial charge in [0.1, 0.15) is 11.8 Å². The molecule has 186 valence electrons. The summed E-state index contributed by atoms with van der Waals surface area (Å²) >= 11 is 0. The number of nitrogens with two attached hydrogens (primary N) is 1. The standard InChI is InChI=1S/C25H34N2O6S/c1-4-6-12-25(5-2)16-34(31,32)22-14-18(13-20(26)24(28)29)21(33-3)15-19(22)23(27(25)30)17-10-8-7-9-11-17/h7-11,14-15,20,23,30H,4-6,12-13,16,26H2,1-3H3,(H,28,29)/t20?,23-,25-/m1/s1. The van der Waals surface area contributed by atoms with Crippen LogP contribution in [0.4, 0.5) is 0 Å². The highest BCUT2D eigenvalue weighted by molar-refractivity contribution is 7.91. The van der Waals surface area contributed by atoms with E-state index in [-0.39, 0.29) is 17.1 Å². The van der Waals surface area contributed by atoms with Gasteiger partial charge < -0.3 is 20.8 Å². The van der Waals surface area contributed by atoms with Crippen LogP contribution in [0.1, 0.15) is 62.3 Å². The molecule has 1 unspecified atom stereocenters. The molecule has 1 aliphatic rings. The van der Waals surface area contributed by atoms with Crippen LogP contribution in [0, 0.1) is 0 Å². The molecule has 0 saturated heterocycles. The number of carboxylic acid groups (broad SMARTS) is 1. The van der Waals surface area contributed by atoms with Gasteiger partial charge >= 0.3 is 5.97 Å². The van der Waals surface area contributed by atoms with Gasteiger partial charge in [0, 0.05) is 6.42 Å². The number of hydrogen-bond acceptors (Lipinski definition) is 7. The molecule has 0 spiro atoms. The Kier molecular flexibility index (Phi) is 8.02. The zero-order valence-corrected chi connectivity index (χ0v) is 20.7. The highest BCUT2D eigenvalue weighted by Gasteiger charge is 2.48. The Balaban J connectivity index is 2.31.